The van der Waals surface area contributed by atoms with Gasteiger partial charge in [0.15, 0.2) is 0 Å². The van der Waals surface area contributed by atoms with E-state index in [2.05, 4.69) is 55.0 Å². The van der Waals surface area contributed by atoms with Gasteiger partial charge in [-0.2, -0.15) is 0 Å². The largest absolute Gasteiger partial charge is 0.0999 e. The molecule has 0 N–H and O–H groups in total. The zero-order valence-electron chi connectivity index (χ0n) is 17.7. The molecule has 0 aliphatic rings. The van der Waals surface area contributed by atoms with Gasteiger partial charge in [0.05, 0.1) is 0 Å². The van der Waals surface area contributed by atoms with Crippen LogP contribution in [0.2, 0.25) is 0 Å². The van der Waals surface area contributed by atoms with Crippen molar-refractivity contribution in [3.8, 4) is 0 Å². The number of rotatable bonds is 6. The van der Waals surface area contributed by atoms with Gasteiger partial charge < -0.3 is 0 Å². The summed E-state index contributed by atoms with van der Waals surface area (Å²) in [5, 5.41) is 0. The van der Waals surface area contributed by atoms with Gasteiger partial charge in [-0.15, -0.1) is 0 Å². The Balaban J connectivity index is -0.0000000401. The van der Waals surface area contributed by atoms with E-state index in [-0.39, 0.29) is 7.43 Å². The first-order valence-electron chi connectivity index (χ1n) is 9.66. The third kappa shape index (κ3) is 73.1. The predicted molar refractivity (Wildman–Crippen MR) is 114 cm³/mol. The zero-order valence-corrected chi connectivity index (χ0v) is 17.7. The van der Waals surface area contributed by atoms with Gasteiger partial charge in [0.25, 0.3) is 0 Å². The molecule has 0 saturated carbocycles. The summed E-state index contributed by atoms with van der Waals surface area (Å²) in [5.74, 6) is 0.722. The third-order valence-electron chi connectivity index (χ3n) is 2.77. The molecule has 0 aromatic rings. The van der Waals surface area contributed by atoms with E-state index in [1.54, 1.807) is 0 Å². The van der Waals surface area contributed by atoms with Crippen LogP contribution in [0.15, 0.2) is 12.2 Å². The molecule has 0 heterocycles. The van der Waals surface area contributed by atoms with Gasteiger partial charge in [0.1, 0.15) is 0 Å². The molecule has 142 valence electrons. The van der Waals surface area contributed by atoms with Gasteiger partial charge in [-0.3, -0.25) is 0 Å². The SMILES string of the molecule is C.C=C(C)C(C)CCC.CC.CC.CCCC.CCCCC. The molecule has 0 bridgehead atoms. The number of hydrogen-bond donors (Lipinski definition) is 0. The molecular weight excluding hydrogens is 264 g/mol. The van der Waals surface area contributed by atoms with E-state index < -0.39 is 0 Å². The van der Waals surface area contributed by atoms with Crippen LogP contribution >= 0.6 is 0 Å². The van der Waals surface area contributed by atoms with Crippen molar-refractivity contribution in [1.29, 1.82) is 0 Å². The summed E-state index contributed by atoms with van der Waals surface area (Å²) in [4.78, 5) is 0. The minimum absolute atomic E-state index is 0. The summed E-state index contributed by atoms with van der Waals surface area (Å²) in [5.41, 5.74) is 1.31. The Bertz CT molecular complexity index is 120. The quantitative estimate of drug-likeness (QED) is 0.427. The first-order chi connectivity index (χ1) is 10.0. The van der Waals surface area contributed by atoms with Crippen LogP contribution in [0.5, 0.6) is 0 Å². The van der Waals surface area contributed by atoms with E-state index in [0.717, 1.165) is 5.92 Å². The molecule has 0 rings (SSSR count). The van der Waals surface area contributed by atoms with Crippen LogP contribution in [0.4, 0.5) is 0 Å². The third-order valence-corrected chi connectivity index (χ3v) is 2.77. The molecule has 0 heteroatoms. The Morgan fingerprint density at radius 2 is 1.05 bits per heavy atom. The van der Waals surface area contributed by atoms with Crippen molar-refractivity contribution in [2.24, 2.45) is 5.92 Å². The Kier molecular flexibility index (Phi) is 85.4. The standard InChI is InChI=1S/C8H16.C5H12.C4H10.2C2H6.CH4/c1-5-6-8(4)7(2)3;1-3-5-4-2;1-3-4-2;2*1-2;/h8H,2,5-6H2,1,3-4H3;3-5H2,1-2H3;3-4H2,1-2H3;2*1-2H3;1H4. The van der Waals surface area contributed by atoms with Crippen molar-refractivity contribution in [3.05, 3.63) is 12.2 Å². The smallest absolute Gasteiger partial charge is 0.0237 e. The monoisotopic (exact) mass is 318 g/mol. The fourth-order valence-electron chi connectivity index (χ4n) is 1.03. The van der Waals surface area contributed by atoms with E-state index in [1.807, 2.05) is 27.7 Å². The average Bonchev–Trinajstić information content (AvgIpc) is 2.53. The molecule has 0 radical (unpaired) electrons. The van der Waals surface area contributed by atoms with E-state index in [9.17, 15) is 0 Å². The van der Waals surface area contributed by atoms with Gasteiger partial charge >= 0.3 is 0 Å². The highest BCUT2D eigenvalue weighted by atomic mass is 14.0. The first kappa shape index (κ1) is 37.7. The molecular formula is C22H54. The van der Waals surface area contributed by atoms with Crippen LogP contribution in [0.1, 0.15) is 129 Å². The number of allylic oxidation sites excluding steroid dienone is 1. The molecule has 0 aromatic heterocycles. The van der Waals surface area contributed by atoms with E-state index in [1.165, 1.54) is 50.5 Å². The maximum absolute atomic E-state index is 3.87. The highest BCUT2D eigenvalue weighted by Gasteiger charge is 1.97. The summed E-state index contributed by atoms with van der Waals surface area (Å²) in [6.07, 6.45) is 9.27. The Morgan fingerprint density at radius 3 is 1.09 bits per heavy atom. The maximum Gasteiger partial charge on any atom is -0.0237 e. The fourth-order valence-corrected chi connectivity index (χ4v) is 1.03. The van der Waals surface area contributed by atoms with E-state index >= 15 is 0 Å². The molecule has 0 aromatic carbocycles. The molecule has 0 fully saturated rings. The fraction of sp³-hybridized carbons (Fsp3) is 0.909. The normalized spacial score (nSPS) is 8.68. The molecule has 1 unspecified atom stereocenters. The lowest BCUT2D eigenvalue weighted by Gasteiger charge is -2.06. The van der Waals surface area contributed by atoms with Crippen LogP contribution in [0.3, 0.4) is 0 Å². The summed E-state index contributed by atoms with van der Waals surface area (Å²) in [7, 11) is 0. The summed E-state index contributed by atoms with van der Waals surface area (Å²) in [6, 6.07) is 0. The van der Waals surface area contributed by atoms with Gasteiger partial charge in [-0.25, -0.2) is 0 Å². The highest BCUT2D eigenvalue weighted by Crippen LogP contribution is 2.12. The average molecular weight is 319 g/mol. The van der Waals surface area contributed by atoms with Gasteiger partial charge in [0, 0.05) is 0 Å². The molecule has 0 amide bonds. The molecule has 0 nitrogen and oxygen atoms in total. The van der Waals surface area contributed by atoms with Crippen LogP contribution in [0.25, 0.3) is 0 Å². The summed E-state index contributed by atoms with van der Waals surface area (Å²) in [6.45, 7) is 27.2. The second kappa shape index (κ2) is 49.8. The second-order valence-corrected chi connectivity index (χ2v) is 4.89. The van der Waals surface area contributed by atoms with E-state index in [4.69, 9.17) is 0 Å². The second-order valence-electron chi connectivity index (χ2n) is 4.89. The molecule has 0 aliphatic heterocycles. The van der Waals surface area contributed by atoms with Gasteiger partial charge in [-0.1, -0.05) is 127 Å². The summed E-state index contributed by atoms with van der Waals surface area (Å²) < 4.78 is 0. The van der Waals surface area contributed by atoms with Crippen molar-refractivity contribution in [2.75, 3.05) is 0 Å². The van der Waals surface area contributed by atoms with Crippen LogP contribution < -0.4 is 0 Å². The van der Waals surface area contributed by atoms with E-state index in [0.29, 0.717) is 0 Å². The molecule has 1 atom stereocenters. The maximum atomic E-state index is 3.87. The Labute approximate surface area is 147 Å². The lowest BCUT2D eigenvalue weighted by atomic mass is 10.00. The van der Waals surface area contributed by atoms with Crippen molar-refractivity contribution in [3.63, 3.8) is 0 Å². The predicted octanol–water partition coefficient (Wildman–Crippen LogP) is 9.69. The lowest BCUT2D eigenvalue weighted by molar-refractivity contribution is 0.603. The van der Waals surface area contributed by atoms with Crippen molar-refractivity contribution in [2.45, 2.75) is 129 Å². The Hall–Kier alpha value is -0.260. The lowest BCUT2D eigenvalue weighted by Crippen LogP contribution is -1.92. The zero-order chi connectivity index (χ0) is 18.1. The van der Waals surface area contributed by atoms with Crippen LogP contribution in [-0.4, -0.2) is 0 Å². The van der Waals surface area contributed by atoms with Gasteiger partial charge in [-0.05, 0) is 19.3 Å². The van der Waals surface area contributed by atoms with Crippen LogP contribution in [-0.2, 0) is 0 Å². The molecule has 0 aliphatic carbocycles. The highest BCUT2D eigenvalue weighted by molar-refractivity contribution is 4.93. The molecule has 22 heavy (non-hydrogen) atoms. The van der Waals surface area contributed by atoms with Crippen LogP contribution in [0, 0.1) is 5.92 Å². The Morgan fingerprint density at radius 1 is 0.727 bits per heavy atom. The molecule has 0 saturated heterocycles. The first-order valence-corrected chi connectivity index (χ1v) is 9.66. The minimum atomic E-state index is 0. The van der Waals surface area contributed by atoms with Gasteiger partial charge in [0.2, 0.25) is 0 Å². The number of unbranched alkanes of at least 4 members (excludes halogenated alkanes) is 3. The van der Waals surface area contributed by atoms with Crippen molar-refractivity contribution in [1.82, 2.24) is 0 Å². The minimum Gasteiger partial charge on any atom is -0.0999 e. The van der Waals surface area contributed by atoms with Crippen molar-refractivity contribution < 1.29 is 0 Å². The number of hydrogen-bond acceptors (Lipinski definition) is 0. The summed E-state index contributed by atoms with van der Waals surface area (Å²) >= 11 is 0. The topological polar surface area (TPSA) is 0 Å². The van der Waals surface area contributed by atoms with Crippen molar-refractivity contribution >= 4 is 0 Å². The molecule has 0 spiro atoms.